The highest BCUT2D eigenvalue weighted by molar-refractivity contribution is 7.92. The Morgan fingerprint density at radius 1 is 1.06 bits per heavy atom. The summed E-state index contributed by atoms with van der Waals surface area (Å²) in [5, 5.41) is -0.360. The van der Waals surface area contributed by atoms with Gasteiger partial charge in [-0.25, -0.2) is 8.42 Å². The summed E-state index contributed by atoms with van der Waals surface area (Å²) in [5.74, 6) is -0.305. The van der Waals surface area contributed by atoms with Gasteiger partial charge in [-0.2, -0.15) is 0 Å². The molecule has 2 rings (SSSR count). The van der Waals surface area contributed by atoms with Crippen LogP contribution < -0.4 is 0 Å². The van der Waals surface area contributed by atoms with Gasteiger partial charge in [0.2, 0.25) is 0 Å². The molecule has 4 nitrogen and oxygen atoms in total. The summed E-state index contributed by atoms with van der Waals surface area (Å²) in [6.07, 6.45) is 4.96. The van der Waals surface area contributed by atoms with Crippen LogP contribution >= 0.6 is 0 Å². The van der Waals surface area contributed by atoms with E-state index in [4.69, 9.17) is 4.74 Å². The van der Waals surface area contributed by atoms with Gasteiger partial charge in [0.05, 0.1) is 5.25 Å². The lowest BCUT2D eigenvalue weighted by Gasteiger charge is -2.22. The number of ether oxygens (including phenoxy) is 1. The molecule has 1 aliphatic carbocycles. The first kappa shape index (κ1) is 13.0. The van der Waals surface area contributed by atoms with E-state index in [0.717, 1.165) is 25.7 Å². The zero-order chi connectivity index (χ0) is 12.3. The summed E-state index contributed by atoms with van der Waals surface area (Å²) < 4.78 is 29.3. The topological polar surface area (TPSA) is 60.4 Å². The Labute approximate surface area is 103 Å². The predicted octanol–water partition coefficient (Wildman–Crippen LogP) is 1.34. The van der Waals surface area contributed by atoms with Gasteiger partial charge in [-0.05, 0) is 25.7 Å². The molecule has 0 unspecified atom stereocenters. The minimum Gasteiger partial charge on any atom is -0.381 e. The van der Waals surface area contributed by atoms with Crippen molar-refractivity contribution in [1.82, 2.24) is 0 Å². The molecule has 0 bridgehead atoms. The fourth-order valence-corrected chi connectivity index (χ4v) is 4.50. The maximum atomic E-state index is 12.1. The van der Waals surface area contributed by atoms with Crippen molar-refractivity contribution >= 4 is 15.6 Å². The summed E-state index contributed by atoms with van der Waals surface area (Å²) in [6.45, 7) is 1.00. The van der Waals surface area contributed by atoms with E-state index in [1.807, 2.05) is 0 Å². The zero-order valence-electron chi connectivity index (χ0n) is 10.1. The predicted molar refractivity (Wildman–Crippen MR) is 64.6 cm³/mol. The Bertz CT molecular complexity index is 362. The molecule has 0 spiro atoms. The summed E-state index contributed by atoms with van der Waals surface area (Å²) in [7, 11) is -3.25. The first-order chi connectivity index (χ1) is 8.09. The molecule has 2 aliphatic rings. The molecule has 0 aromatic carbocycles. The van der Waals surface area contributed by atoms with Crippen molar-refractivity contribution in [1.29, 1.82) is 0 Å². The summed E-state index contributed by atoms with van der Waals surface area (Å²) in [5.41, 5.74) is 0. The highest BCUT2D eigenvalue weighted by atomic mass is 32.2. The fraction of sp³-hybridized carbons (Fsp3) is 0.917. The van der Waals surface area contributed by atoms with Gasteiger partial charge in [-0.15, -0.1) is 0 Å². The SMILES string of the molecule is O=C(CS(=O)(=O)C1CCOCC1)C1CCCC1. The smallest absolute Gasteiger partial charge is 0.160 e. The molecule has 1 heterocycles. The monoisotopic (exact) mass is 260 g/mol. The number of hydrogen-bond donors (Lipinski definition) is 0. The van der Waals surface area contributed by atoms with Gasteiger partial charge in [-0.1, -0.05) is 12.8 Å². The maximum absolute atomic E-state index is 12.1. The van der Waals surface area contributed by atoms with Crippen molar-refractivity contribution in [3.8, 4) is 0 Å². The van der Waals surface area contributed by atoms with E-state index >= 15 is 0 Å². The average Bonchev–Trinajstić information content (AvgIpc) is 2.83. The van der Waals surface area contributed by atoms with Crippen LogP contribution in [0.25, 0.3) is 0 Å². The molecule has 5 heteroatoms. The summed E-state index contributed by atoms with van der Waals surface area (Å²) >= 11 is 0. The molecule has 0 aromatic heterocycles. The molecule has 0 radical (unpaired) electrons. The van der Waals surface area contributed by atoms with Crippen LogP contribution in [-0.2, 0) is 19.4 Å². The maximum Gasteiger partial charge on any atom is 0.160 e. The van der Waals surface area contributed by atoms with E-state index in [0.29, 0.717) is 26.1 Å². The van der Waals surface area contributed by atoms with Gasteiger partial charge in [0, 0.05) is 19.1 Å². The van der Waals surface area contributed by atoms with Crippen molar-refractivity contribution in [3.63, 3.8) is 0 Å². The fourth-order valence-electron chi connectivity index (χ4n) is 2.72. The number of hydrogen-bond acceptors (Lipinski definition) is 4. The average molecular weight is 260 g/mol. The van der Waals surface area contributed by atoms with Gasteiger partial charge >= 0.3 is 0 Å². The molecule has 0 aromatic rings. The zero-order valence-corrected chi connectivity index (χ0v) is 10.9. The largest absolute Gasteiger partial charge is 0.381 e. The van der Waals surface area contributed by atoms with E-state index in [9.17, 15) is 13.2 Å². The lowest BCUT2D eigenvalue weighted by Crippen LogP contribution is -2.34. The van der Waals surface area contributed by atoms with Crippen LogP contribution in [0.4, 0.5) is 0 Å². The van der Waals surface area contributed by atoms with E-state index in [1.54, 1.807) is 0 Å². The molecular formula is C12H20O4S. The highest BCUT2D eigenvalue weighted by Crippen LogP contribution is 2.27. The Balaban J connectivity index is 1.93. The van der Waals surface area contributed by atoms with Crippen LogP contribution in [0.15, 0.2) is 0 Å². The summed E-state index contributed by atoms with van der Waals surface area (Å²) in [4.78, 5) is 11.9. The number of carbonyl (C=O) groups excluding carboxylic acids is 1. The molecular weight excluding hydrogens is 240 g/mol. The van der Waals surface area contributed by atoms with Crippen LogP contribution in [-0.4, -0.2) is 38.4 Å². The van der Waals surface area contributed by atoms with E-state index < -0.39 is 9.84 Å². The number of carbonyl (C=O) groups is 1. The Kier molecular flexibility index (Phi) is 4.20. The second-order valence-corrected chi connectivity index (χ2v) is 7.35. The Hall–Kier alpha value is -0.420. The molecule has 2 fully saturated rings. The molecule has 17 heavy (non-hydrogen) atoms. The van der Waals surface area contributed by atoms with Crippen LogP contribution in [0.1, 0.15) is 38.5 Å². The van der Waals surface area contributed by atoms with Crippen molar-refractivity contribution < 1.29 is 17.9 Å². The summed E-state index contributed by atoms with van der Waals surface area (Å²) in [6, 6.07) is 0. The van der Waals surface area contributed by atoms with E-state index in [-0.39, 0.29) is 22.7 Å². The normalized spacial score (nSPS) is 24.0. The Morgan fingerprint density at radius 3 is 2.24 bits per heavy atom. The molecule has 1 saturated heterocycles. The van der Waals surface area contributed by atoms with Crippen LogP contribution in [0.5, 0.6) is 0 Å². The van der Waals surface area contributed by atoms with Crippen LogP contribution in [0.2, 0.25) is 0 Å². The van der Waals surface area contributed by atoms with Gasteiger partial charge in [0.1, 0.15) is 5.75 Å². The molecule has 0 N–H and O–H groups in total. The quantitative estimate of drug-likeness (QED) is 0.765. The van der Waals surface area contributed by atoms with Crippen LogP contribution in [0.3, 0.4) is 0 Å². The third kappa shape index (κ3) is 3.28. The Morgan fingerprint density at radius 2 is 1.65 bits per heavy atom. The van der Waals surface area contributed by atoms with Gasteiger partial charge in [0.25, 0.3) is 0 Å². The third-order valence-corrected chi connectivity index (χ3v) is 6.00. The van der Waals surface area contributed by atoms with E-state index in [1.165, 1.54) is 0 Å². The first-order valence-corrected chi connectivity index (χ1v) is 8.13. The first-order valence-electron chi connectivity index (χ1n) is 6.41. The van der Waals surface area contributed by atoms with Crippen molar-refractivity contribution in [2.75, 3.05) is 19.0 Å². The minimum absolute atomic E-state index is 0.00427. The van der Waals surface area contributed by atoms with Gasteiger partial charge < -0.3 is 4.74 Å². The van der Waals surface area contributed by atoms with Crippen molar-refractivity contribution in [3.05, 3.63) is 0 Å². The second kappa shape index (κ2) is 5.48. The lowest BCUT2D eigenvalue weighted by atomic mass is 10.0. The highest BCUT2D eigenvalue weighted by Gasteiger charge is 2.32. The lowest BCUT2D eigenvalue weighted by molar-refractivity contribution is -0.120. The molecule has 1 saturated carbocycles. The standard InChI is InChI=1S/C12H20O4S/c13-12(10-3-1-2-4-10)9-17(14,15)11-5-7-16-8-6-11/h10-11H,1-9H2. The second-order valence-electron chi connectivity index (χ2n) is 5.07. The van der Waals surface area contributed by atoms with E-state index in [2.05, 4.69) is 0 Å². The van der Waals surface area contributed by atoms with Gasteiger partial charge in [-0.3, -0.25) is 4.79 Å². The molecule has 98 valence electrons. The van der Waals surface area contributed by atoms with Crippen molar-refractivity contribution in [2.45, 2.75) is 43.8 Å². The molecule has 1 aliphatic heterocycles. The number of sulfone groups is 1. The number of rotatable bonds is 4. The minimum atomic E-state index is -3.25. The number of ketones is 1. The molecule has 0 atom stereocenters. The van der Waals surface area contributed by atoms with Crippen LogP contribution in [0, 0.1) is 5.92 Å². The van der Waals surface area contributed by atoms with Crippen molar-refractivity contribution in [2.24, 2.45) is 5.92 Å². The molecule has 0 amide bonds. The third-order valence-electron chi connectivity index (χ3n) is 3.83. The number of Topliss-reactive ketones (excluding diaryl/α,β-unsaturated/α-hetero) is 1. The van der Waals surface area contributed by atoms with Gasteiger partial charge in [0.15, 0.2) is 15.6 Å².